The summed E-state index contributed by atoms with van der Waals surface area (Å²) in [6, 6.07) is 12.9. The van der Waals surface area contributed by atoms with Gasteiger partial charge in [0, 0.05) is 5.69 Å². The van der Waals surface area contributed by atoms with Gasteiger partial charge in [0.2, 0.25) is 11.1 Å². The molecule has 0 aliphatic carbocycles. The lowest BCUT2D eigenvalue weighted by atomic mass is 10.0. The fourth-order valence-electron chi connectivity index (χ4n) is 3.22. The molecule has 29 heavy (non-hydrogen) atoms. The molecule has 0 saturated carbocycles. The number of methoxy groups -OCH3 is 1. The van der Waals surface area contributed by atoms with Gasteiger partial charge in [0.05, 0.1) is 18.2 Å². The lowest BCUT2D eigenvalue weighted by Crippen LogP contribution is -2.41. The molecule has 150 valence electrons. The first-order valence-corrected chi connectivity index (χ1v) is 10.3. The van der Waals surface area contributed by atoms with Gasteiger partial charge in [0.1, 0.15) is 16.8 Å². The minimum Gasteiger partial charge on any atom is -0.495 e. The standard InChI is InChI=1S/C20H20ClN5O2S/c1-11-5-4-6-14(9-11)22-19(27)18-17(13-7-8-16(28-3)15(21)10-13)25-26-12(2)23-24-20(26)29-18/h4-10,17-18,25H,1-3H3,(H,22,27)/t17-,18+/m0/s1. The van der Waals surface area contributed by atoms with Crippen molar-refractivity contribution in [2.45, 2.75) is 30.3 Å². The minimum atomic E-state index is -0.476. The summed E-state index contributed by atoms with van der Waals surface area (Å²) in [5.41, 5.74) is 6.06. The van der Waals surface area contributed by atoms with E-state index < -0.39 is 5.25 Å². The van der Waals surface area contributed by atoms with Crippen LogP contribution in [0, 0.1) is 13.8 Å². The van der Waals surface area contributed by atoms with E-state index in [1.54, 1.807) is 17.9 Å². The van der Waals surface area contributed by atoms with Gasteiger partial charge < -0.3 is 15.5 Å². The summed E-state index contributed by atoms with van der Waals surface area (Å²) < 4.78 is 7.05. The number of hydrogen-bond donors (Lipinski definition) is 2. The third kappa shape index (κ3) is 3.90. The van der Waals surface area contributed by atoms with Gasteiger partial charge in [-0.25, -0.2) is 4.68 Å². The molecule has 0 spiro atoms. The third-order valence-corrected chi connectivity index (χ3v) is 6.19. The molecule has 2 atom stereocenters. The summed E-state index contributed by atoms with van der Waals surface area (Å²) in [6.45, 7) is 3.84. The molecular formula is C20H20ClN5O2S. The van der Waals surface area contributed by atoms with Crippen molar-refractivity contribution >= 4 is 35.0 Å². The Balaban J connectivity index is 1.68. The quantitative estimate of drug-likeness (QED) is 0.653. The van der Waals surface area contributed by atoms with Crippen molar-refractivity contribution in [3.05, 3.63) is 64.4 Å². The number of thioether (sulfide) groups is 1. The zero-order valence-electron chi connectivity index (χ0n) is 16.1. The van der Waals surface area contributed by atoms with Crippen LogP contribution in [-0.2, 0) is 4.79 Å². The molecule has 0 saturated heterocycles. The molecule has 0 fully saturated rings. The fraction of sp³-hybridized carbons (Fsp3) is 0.250. The normalized spacial score (nSPS) is 17.9. The number of rotatable bonds is 4. The highest BCUT2D eigenvalue weighted by Crippen LogP contribution is 2.39. The van der Waals surface area contributed by atoms with Crippen molar-refractivity contribution in [1.82, 2.24) is 14.9 Å². The van der Waals surface area contributed by atoms with Gasteiger partial charge in [0.25, 0.3) is 0 Å². The van der Waals surface area contributed by atoms with E-state index in [4.69, 9.17) is 16.3 Å². The van der Waals surface area contributed by atoms with Crippen LogP contribution in [0.5, 0.6) is 5.75 Å². The number of aryl methyl sites for hydroxylation is 2. The van der Waals surface area contributed by atoms with Gasteiger partial charge in [-0.05, 0) is 49.2 Å². The molecule has 0 radical (unpaired) electrons. The maximum atomic E-state index is 13.2. The van der Waals surface area contributed by atoms with E-state index in [-0.39, 0.29) is 11.9 Å². The Labute approximate surface area is 177 Å². The highest BCUT2D eigenvalue weighted by Gasteiger charge is 2.37. The van der Waals surface area contributed by atoms with Gasteiger partial charge in [-0.3, -0.25) is 4.79 Å². The molecule has 1 aliphatic rings. The van der Waals surface area contributed by atoms with Gasteiger partial charge in [-0.1, -0.05) is 41.6 Å². The Morgan fingerprint density at radius 1 is 1.24 bits per heavy atom. The van der Waals surface area contributed by atoms with Gasteiger partial charge in [-0.15, -0.1) is 10.2 Å². The second kappa shape index (κ2) is 7.96. The molecule has 2 N–H and O–H groups in total. The monoisotopic (exact) mass is 429 g/mol. The van der Waals surface area contributed by atoms with Crippen molar-refractivity contribution in [3.8, 4) is 5.75 Å². The molecule has 1 aromatic heterocycles. The van der Waals surface area contributed by atoms with Crippen LogP contribution in [0.25, 0.3) is 0 Å². The van der Waals surface area contributed by atoms with Gasteiger partial charge in [0.15, 0.2) is 0 Å². The van der Waals surface area contributed by atoms with Gasteiger partial charge >= 0.3 is 0 Å². The van der Waals surface area contributed by atoms with Crippen LogP contribution in [-0.4, -0.2) is 33.1 Å². The topological polar surface area (TPSA) is 81.1 Å². The van der Waals surface area contributed by atoms with Crippen molar-refractivity contribution in [1.29, 1.82) is 0 Å². The van der Waals surface area contributed by atoms with Crippen molar-refractivity contribution < 1.29 is 9.53 Å². The van der Waals surface area contributed by atoms with Crippen LogP contribution < -0.4 is 15.5 Å². The number of aromatic nitrogens is 3. The molecule has 2 aromatic carbocycles. The van der Waals surface area contributed by atoms with Crippen LogP contribution in [0.3, 0.4) is 0 Å². The summed E-state index contributed by atoms with van der Waals surface area (Å²) in [7, 11) is 1.57. The van der Waals surface area contributed by atoms with E-state index in [2.05, 4.69) is 20.9 Å². The Morgan fingerprint density at radius 2 is 2.07 bits per heavy atom. The first-order valence-electron chi connectivity index (χ1n) is 9.02. The maximum absolute atomic E-state index is 13.2. The summed E-state index contributed by atoms with van der Waals surface area (Å²) in [5.74, 6) is 1.17. The average Bonchev–Trinajstić information content (AvgIpc) is 3.07. The second-order valence-electron chi connectivity index (χ2n) is 6.76. The summed E-state index contributed by atoms with van der Waals surface area (Å²) in [6.07, 6.45) is 0. The van der Waals surface area contributed by atoms with Crippen molar-refractivity contribution in [2.75, 3.05) is 17.9 Å². The number of benzene rings is 2. The Bertz CT molecular complexity index is 1070. The molecule has 9 heteroatoms. The SMILES string of the molecule is COc1ccc([C@@H]2Nn3c(C)nnc3S[C@H]2C(=O)Nc2cccc(C)c2)cc1Cl. The molecule has 2 heterocycles. The summed E-state index contributed by atoms with van der Waals surface area (Å²) in [4.78, 5) is 13.2. The molecule has 7 nitrogen and oxygen atoms in total. The van der Waals surface area contributed by atoms with E-state index in [0.717, 1.165) is 22.6 Å². The lowest BCUT2D eigenvalue weighted by Gasteiger charge is -2.33. The van der Waals surface area contributed by atoms with Crippen LogP contribution in [0.1, 0.15) is 23.0 Å². The predicted octanol–water partition coefficient (Wildman–Crippen LogP) is 3.95. The largest absolute Gasteiger partial charge is 0.495 e. The Hall–Kier alpha value is -2.71. The average molecular weight is 430 g/mol. The summed E-state index contributed by atoms with van der Waals surface area (Å²) in [5, 5.41) is 11.9. The molecule has 0 bridgehead atoms. The number of halogens is 1. The molecular weight excluding hydrogens is 410 g/mol. The highest BCUT2D eigenvalue weighted by atomic mass is 35.5. The van der Waals surface area contributed by atoms with E-state index in [1.165, 1.54) is 11.8 Å². The molecule has 1 aliphatic heterocycles. The van der Waals surface area contributed by atoms with Crippen LogP contribution in [0.15, 0.2) is 47.6 Å². The lowest BCUT2D eigenvalue weighted by molar-refractivity contribution is -0.116. The predicted molar refractivity (Wildman–Crippen MR) is 114 cm³/mol. The number of fused-ring (bicyclic) bond motifs is 1. The Kier molecular flexibility index (Phi) is 5.38. The highest BCUT2D eigenvalue weighted by molar-refractivity contribution is 8.00. The third-order valence-electron chi connectivity index (χ3n) is 4.68. The molecule has 1 amide bonds. The number of nitrogens with one attached hydrogen (secondary N) is 2. The van der Waals surface area contributed by atoms with E-state index >= 15 is 0 Å². The van der Waals surface area contributed by atoms with Crippen molar-refractivity contribution in [2.24, 2.45) is 0 Å². The number of nitrogens with zero attached hydrogens (tertiary/aromatic N) is 3. The number of carbonyl (C=O) groups is 1. The molecule has 4 rings (SSSR count). The van der Waals surface area contributed by atoms with E-state index in [0.29, 0.717) is 15.9 Å². The number of amides is 1. The minimum absolute atomic E-state index is 0.128. The fourth-order valence-corrected chi connectivity index (χ4v) is 4.61. The zero-order chi connectivity index (χ0) is 20.5. The van der Waals surface area contributed by atoms with E-state index in [9.17, 15) is 4.79 Å². The second-order valence-corrected chi connectivity index (χ2v) is 8.28. The number of anilines is 1. The first-order chi connectivity index (χ1) is 14.0. The van der Waals surface area contributed by atoms with Gasteiger partial charge in [-0.2, -0.15) is 0 Å². The smallest absolute Gasteiger partial charge is 0.240 e. The number of ether oxygens (including phenoxy) is 1. The number of hydrogen-bond acceptors (Lipinski definition) is 6. The Morgan fingerprint density at radius 3 is 2.79 bits per heavy atom. The zero-order valence-corrected chi connectivity index (χ0v) is 17.7. The van der Waals surface area contributed by atoms with E-state index in [1.807, 2.05) is 50.2 Å². The summed E-state index contributed by atoms with van der Waals surface area (Å²) >= 11 is 7.71. The van der Waals surface area contributed by atoms with Crippen LogP contribution >= 0.6 is 23.4 Å². The van der Waals surface area contributed by atoms with Crippen molar-refractivity contribution in [3.63, 3.8) is 0 Å². The molecule has 3 aromatic rings. The molecule has 0 unspecified atom stereocenters. The van der Waals surface area contributed by atoms with Crippen LogP contribution in [0.4, 0.5) is 5.69 Å². The first kappa shape index (κ1) is 19.6. The van der Waals surface area contributed by atoms with Crippen LogP contribution in [0.2, 0.25) is 5.02 Å². The number of carbonyl (C=O) groups excluding carboxylic acids is 1. The maximum Gasteiger partial charge on any atom is 0.240 e.